The average molecular weight is 331 g/mol. The molecule has 0 saturated carbocycles. The summed E-state index contributed by atoms with van der Waals surface area (Å²) < 4.78 is 8.38. The van der Waals surface area contributed by atoms with Crippen LogP contribution in [0.2, 0.25) is 0 Å². The van der Waals surface area contributed by atoms with Crippen molar-refractivity contribution in [2.45, 2.75) is 13.0 Å². The molecule has 2 aromatic rings. The topological polar surface area (TPSA) is 39.9 Å². The second-order valence-electron chi connectivity index (χ2n) is 3.72. The highest BCUT2D eigenvalue weighted by Crippen LogP contribution is 2.17. The van der Waals surface area contributed by atoms with E-state index < -0.39 is 0 Å². The second kappa shape index (κ2) is 6.75. The van der Waals surface area contributed by atoms with Crippen molar-refractivity contribution in [3.05, 3.63) is 40.6 Å². The van der Waals surface area contributed by atoms with E-state index in [4.69, 9.17) is 16.3 Å². The van der Waals surface area contributed by atoms with Gasteiger partial charge >= 0.3 is 0 Å². The summed E-state index contributed by atoms with van der Waals surface area (Å²) in [5.41, 5.74) is 0.910. The zero-order valence-corrected chi connectivity index (χ0v) is 12.1. The van der Waals surface area contributed by atoms with Crippen LogP contribution in [0.15, 0.2) is 34.9 Å². The summed E-state index contributed by atoms with van der Waals surface area (Å²) in [6.45, 7) is 1.22. The first-order valence-electron chi connectivity index (χ1n) is 5.61. The van der Waals surface area contributed by atoms with Gasteiger partial charge in [0.2, 0.25) is 0 Å². The van der Waals surface area contributed by atoms with Crippen LogP contribution >= 0.6 is 27.5 Å². The minimum Gasteiger partial charge on any atom is -0.492 e. The zero-order chi connectivity index (χ0) is 12.8. The third-order valence-electron chi connectivity index (χ3n) is 2.32. The minimum absolute atomic E-state index is 0.556. The third kappa shape index (κ3) is 3.99. The molecule has 0 radical (unpaired) electrons. The van der Waals surface area contributed by atoms with Crippen molar-refractivity contribution in [3.8, 4) is 5.75 Å². The van der Waals surface area contributed by atoms with Gasteiger partial charge in [-0.25, -0.2) is 4.68 Å². The molecule has 96 valence electrons. The first-order chi connectivity index (χ1) is 8.78. The lowest BCUT2D eigenvalue weighted by molar-refractivity contribution is 0.289. The van der Waals surface area contributed by atoms with E-state index in [1.165, 1.54) is 0 Å². The van der Waals surface area contributed by atoms with Gasteiger partial charge in [-0.3, -0.25) is 0 Å². The van der Waals surface area contributed by atoms with Crippen molar-refractivity contribution in [2.75, 3.05) is 12.5 Å². The lowest BCUT2D eigenvalue weighted by atomic mass is 10.3. The Bertz CT molecular complexity index is 504. The number of rotatable bonds is 6. The molecule has 0 saturated heterocycles. The van der Waals surface area contributed by atoms with Crippen LogP contribution in [0.5, 0.6) is 5.75 Å². The van der Waals surface area contributed by atoms with Gasteiger partial charge in [-0.2, -0.15) is 0 Å². The van der Waals surface area contributed by atoms with Crippen LogP contribution in [-0.4, -0.2) is 27.5 Å². The molecule has 6 heteroatoms. The largest absolute Gasteiger partial charge is 0.492 e. The van der Waals surface area contributed by atoms with Crippen LogP contribution in [0, 0.1) is 0 Å². The number of aromatic nitrogens is 3. The highest BCUT2D eigenvalue weighted by atomic mass is 79.9. The zero-order valence-electron chi connectivity index (χ0n) is 9.72. The van der Waals surface area contributed by atoms with Crippen LogP contribution < -0.4 is 4.74 Å². The van der Waals surface area contributed by atoms with Gasteiger partial charge in [0.1, 0.15) is 12.4 Å². The standard InChI is InChI=1S/C12H13BrClN3O/c13-10-2-1-3-12(8-10)18-7-6-17-9-11(4-5-14)15-16-17/h1-3,8-9H,4-7H2. The van der Waals surface area contributed by atoms with Gasteiger partial charge in [-0.05, 0) is 18.2 Å². The van der Waals surface area contributed by atoms with E-state index >= 15 is 0 Å². The predicted molar refractivity (Wildman–Crippen MR) is 74.1 cm³/mol. The molecule has 0 bridgehead atoms. The summed E-state index contributed by atoms with van der Waals surface area (Å²) in [7, 11) is 0. The number of halogens is 2. The fourth-order valence-electron chi connectivity index (χ4n) is 1.47. The second-order valence-corrected chi connectivity index (χ2v) is 5.01. The molecule has 0 aliphatic carbocycles. The first-order valence-corrected chi connectivity index (χ1v) is 6.94. The highest BCUT2D eigenvalue weighted by Gasteiger charge is 2.00. The van der Waals surface area contributed by atoms with Gasteiger partial charge in [0.25, 0.3) is 0 Å². The third-order valence-corrected chi connectivity index (χ3v) is 3.00. The first kappa shape index (κ1) is 13.4. The van der Waals surface area contributed by atoms with E-state index in [0.717, 1.165) is 22.3 Å². The van der Waals surface area contributed by atoms with Crippen LogP contribution in [0.3, 0.4) is 0 Å². The summed E-state index contributed by atoms with van der Waals surface area (Å²) in [4.78, 5) is 0. The smallest absolute Gasteiger partial charge is 0.120 e. The summed E-state index contributed by atoms with van der Waals surface area (Å²) in [6.07, 6.45) is 2.64. The van der Waals surface area contributed by atoms with Gasteiger partial charge in [0.15, 0.2) is 0 Å². The van der Waals surface area contributed by atoms with E-state index in [9.17, 15) is 0 Å². The van der Waals surface area contributed by atoms with Crippen molar-refractivity contribution in [3.63, 3.8) is 0 Å². The van der Waals surface area contributed by atoms with Gasteiger partial charge in [0.05, 0.1) is 12.2 Å². The van der Waals surface area contributed by atoms with Gasteiger partial charge in [0, 0.05) is 23.0 Å². The van der Waals surface area contributed by atoms with Crippen molar-refractivity contribution in [1.29, 1.82) is 0 Å². The molecule has 0 N–H and O–H groups in total. The van der Waals surface area contributed by atoms with Crippen LogP contribution in [0.4, 0.5) is 0 Å². The number of benzene rings is 1. The summed E-state index contributed by atoms with van der Waals surface area (Å²) in [5, 5.41) is 8.01. The van der Waals surface area contributed by atoms with Gasteiger partial charge in [-0.15, -0.1) is 16.7 Å². The normalized spacial score (nSPS) is 10.6. The lowest BCUT2D eigenvalue weighted by Crippen LogP contribution is -2.08. The van der Waals surface area contributed by atoms with Crippen molar-refractivity contribution in [2.24, 2.45) is 0 Å². The summed E-state index contributed by atoms with van der Waals surface area (Å²) in [6, 6.07) is 7.75. The van der Waals surface area contributed by atoms with Crippen molar-refractivity contribution >= 4 is 27.5 Å². The number of aryl methyl sites for hydroxylation is 1. The van der Waals surface area contributed by atoms with Crippen molar-refractivity contribution in [1.82, 2.24) is 15.0 Å². The highest BCUT2D eigenvalue weighted by molar-refractivity contribution is 9.10. The van der Waals surface area contributed by atoms with Crippen LogP contribution in [-0.2, 0) is 13.0 Å². The maximum Gasteiger partial charge on any atom is 0.120 e. The molecule has 1 heterocycles. The Balaban J connectivity index is 1.81. The van der Waals surface area contributed by atoms with E-state index in [1.54, 1.807) is 4.68 Å². The van der Waals surface area contributed by atoms with Crippen molar-refractivity contribution < 1.29 is 4.74 Å². The molecule has 0 aliphatic rings. The Hall–Kier alpha value is -1.07. The minimum atomic E-state index is 0.556. The Labute approximate surface area is 119 Å². The van der Waals surface area contributed by atoms with E-state index in [-0.39, 0.29) is 0 Å². The van der Waals surface area contributed by atoms with E-state index in [1.807, 2.05) is 30.5 Å². The molecule has 1 aromatic heterocycles. The predicted octanol–water partition coefficient (Wildman–Crippen LogP) is 2.90. The number of alkyl halides is 1. The Morgan fingerprint density at radius 1 is 1.39 bits per heavy atom. The van der Waals surface area contributed by atoms with Crippen LogP contribution in [0.25, 0.3) is 0 Å². The Morgan fingerprint density at radius 2 is 2.28 bits per heavy atom. The number of ether oxygens (including phenoxy) is 1. The van der Waals surface area contributed by atoms with E-state index in [2.05, 4.69) is 26.2 Å². The molecule has 18 heavy (non-hydrogen) atoms. The van der Waals surface area contributed by atoms with E-state index in [0.29, 0.717) is 19.0 Å². The maximum absolute atomic E-state index is 5.64. The maximum atomic E-state index is 5.64. The molecular weight excluding hydrogens is 318 g/mol. The summed E-state index contributed by atoms with van der Waals surface area (Å²) in [5.74, 6) is 1.40. The molecule has 0 aliphatic heterocycles. The van der Waals surface area contributed by atoms with Crippen LogP contribution in [0.1, 0.15) is 5.69 Å². The van der Waals surface area contributed by atoms with Gasteiger partial charge < -0.3 is 4.74 Å². The summed E-state index contributed by atoms with van der Waals surface area (Å²) >= 11 is 9.04. The molecule has 0 atom stereocenters. The number of hydrogen-bond donors (Lipinski definition) is 0. The monoisotopic (exact) mass is 329 g/mol. The molecule has 2 rings (SSSR count). The fourth-order valence-corrected chi connectivity index (χ4v) is 2.04. The quantitative estimate of drug-likeness (QED) is 0.765. The van der Waals surface area contributed by atoms with Gasteiger partial charge in [-0.1, -0.05) is 27.2 Å². The molecule has 0 amide bonds. The Morgan fingerprint density at radius 3 is 3.06 bits per heavy atom. The molecule has 1 aromatic carbocycles. The molecule has 4 nitrogen and oxygen atoms in total. The average Bonchev–Trinajstić information content (AvgIpc) is 2.78. The molecule has 0 spiro atoms. The Kier molecular flexibility index (Phi) is 5.01. The molecule has 0 unspecified atom stereocenters. The number of nitrogens with zero attached hydrogens (tertiary/aromatic N) is 3. The SMILES string of the molecule is ClCCc1cn(CCOc2cccc(Br)c2)nn1. The molecule has 0 fully saturated rings. The molecular formula is C12H13BrClN3O. The lowest BCUT2D eigenvalue weighted by Gasteiger charge is -2.05. The number of hydrogen-bond acceptors (Lipinski definition) is 3. The fraction of sp³-hybridized carbons (Fsp3) is 0.333.